The maximum atomic E-state index is 11.3. The van der Waals surface area contributed by atoms with Gasteiger partial charge < -0.3 is 10.1 Å². The molecule has 1 aliphatic heterocycles. The van der Waals surface area contributed by atoms with Gasteiger partial charge >= 0.3 is 5.97 Å². The summed E-state index contributed by atoms with van der Waals surface area (Å²) in [6.07, 6.45) is 0.675. The number of hydrogen-bond donors (Lipinski definition) is 1. The van der Waals surface area contributed by atoms with Crippen LogP contribution in [-0.2, 0) is 11.2 Å². The molecule has 0 bridgehead atoms. The summed E-state index contributed by atoms with van der Waals surface area (Å²) < 4.78 is 4.53. The van der Waals surface area contributed by atoms with E-state index in [2.05, 4.69) is 15.0 Å². The molecule has 0 atom stereocenters. The summed E-state index contributed by atoms with van der Waals surface area (Å²) >= 11 is 1.08. The van der Waals surface area contributed by atoms with Crippen molar-refractivity contribution in [1.29, 1.82) is 0 Å². The van der Waals surface area contributed by atoms with Crippen molar-refractivity contribution in [2.24, 2.45) is 0 Å². The zero-order valence-corrected chi connectivity index (χ0v) is 8.31. The fourth-order valence-electron chi connectivity index (χ4n) is 1.25. The van der Waals surface area contributed by atoms with Crippen LogP contribution in [0.4, 0.5) is 0 Å². The number of esters is 1. The first kappa shape index (κ1) is 9.14. The smallest absolute Gasteiger partial charge is 0.367 e. The van der Waals surface area contributed by atoms with Crippen molar-refractivity contribution in [2.75, 3.05) is 13.7 Å². The molecule has 1 N–H and O–H groups in total. The molecule has 6 heteroatoms. The molecule has 0 radical (unpaired) electrons. The highest BCUT2D eigenvalue weighted by Crippen LogP contribution is 2.21. The zero-order valence-electron chi connectivity index (χ0n) is 7.49. The Morgan fingerprint density at radius 1 is 1.64 bits per heavy atom. The van der Waals surface area contributed by atoms with Crippen LogP contribution in [0.1, 0.15) is 25.2 Å². The van der Waals surface area contributed by atoms with Gasteiger partial charge in [-0.1, -0.05) is 0 Å². The minimum atomic E-state index is -0.489. The molecule has 0 aliphatic carbocycles. The number of thiazole rings is 1. The van der Waals surface area contributed by atoms with Gasteiger partial charge in [-0.15, -0.1) is 11.3 Å². The summed E-state index contributed by atoms with van der Waals surface area (Å²) in [6, 6.07) is 0. The second kappa shape index (κ2) is 3.38. The van der Waals surface area contributed by atoms with E-state index in [9.17, 15) is 9.59 Å². The van der Waals surface area contributed by atoms with E-state index in [1.54, 1.807) is 0 Å². The quantitative estimate of drug-likeness (QED) is 0.676. The Balaban J connectivity index is 2.40. The van der Waals surface area contributed by atoms with Gasteiger partial charge in [0.2, 0.25) is 5.01 Å². The molecule has 0 saturated carbocycles. The molecule has 1 amide bonds. The molecule has 1 aliphatic rings. The molecule has 0 unspecified atom stereocenters. The summed E-state index contributed by atoms with van der Waals surface area (Å²) in [5.74, 6) is -0.642. The molecule has 0 spiro atoms. The Morgan fingerprint density at radius 3 is 3.07 bits per heavy atom. The number of nitrogens with one attached hydrogen (secondary N) is 1. The van der Waals surface area contributed by atoms with Crippen LogP contribution in [0, 0.1) is 0 Å². The van der Waals surface area contributed by atoms with Crippen LogP contribution in [-0.4, -0.2) is 30.5 Å². The van der Waals surface area contributed by atoms with Crippen molar-refractivity contribution in [1.82, 2.24) is 10.3 Å². The Labute approximate surface area is 84.1 Å². The van der Waals surface area contributed by atoms with Crippen LogP contribution >= 0.6 is 11.3 Å². The summed E-state index contributed by atoms with van der Waals surface area (Å²) in [7, 11) is 1.29. The second-order valence-electron chi connectivity index (χ2n) is 2.79. The molecule has 5 nitrogen and oxygen atoms in total. The fraction of sp³-hybridized carbons (Fsp3) is 0.375. The Hall–Kier alpha value is -1.43. The van der Waals surface area contributed by atoms with E-state index in [0.717, 1.165) is 11.3 Å². The van der Waals surface area contributed by atoms with Crippen molar-refractivity contribution in [2.45, 2.75) is 6.42 Å². The van der Waals surface area contributed by atoms with Crippen LogP contribution in [0.25, 0.3) is 0 Å². The van der Waals surface area contributed by atoms with Crippen molar-refractivity contribution in [3.8, 4) is 0 Å². The molecule has 1 aromatic rings. The maximum Gasteiger partial charge on any atom is 0.367 e. The lowest BCUT2D eigenvalue weighted by atomic mass is 10.2. The highest BCUT2D eigenvalue weighted by atomic mass is 32.1. The SMILES string of the molecule is COC(=O)c1nc2c(s1)C(=O)NCC2. The maximum absolute atomic E-state index is 11.3. The van der Waals surface area contributed by atoms with E-state index in [4.69, 9.17) is 0 Å². The van der Waals surface area contributed by atoms with Gasteiger partial charge in [0.05, 0.1) is 12.8 Å². The molecule has 2 rings (SSSR count). The van der Waals surface area contributed by atoms with Gasteiger partial charge in [-0.25, -0.2) is 9.78 Å². The minimum absolute atomic E-state index is 0.154. The number of carbonyl (C=O) groups excluding carboxylic acids is 2. The van der Waals surface area contributed by atoms with Gasteiger partial charge in [-0.2, -0.15) is 0 Å². The molecule has 1 aromatic heterocycles. The predicted octanol–water partition coefficient (Wildman–Crippen LogP) is 0.216. The van der Waals surface area contributed by atoms with Crippen molar-refractivity contribution >= 4 is 23.2 Å². The molecular formula is C8H8N2O3S. The van der Waals surface area contributed by atoms with E-state index in [1.165, 1.54) is 7.11 Å². The van der Waals surface area contributed by atoms with Crippen molar-refractivity contribution in [3.05, 3.63) is 15.6 Å². The monoisotopic (exact) mass is 212 g/mol. The second-order valence-corrected chi connectivity index (χ2v) is 3.79. The average molecular weight is 212 g/mol. The lowest BCUT2D eigenvalue weighted by Gasteiger charge is -2.09. The number of aromatic nitrogens is 1. The Kier molecular flexibility index (Phi) is 2.20. The molecule has 0 fully saturated rings. The lowest BCUT2D eigenvalue weighted by molar-refractivity contribution is 0.0600. The fourth-order valence-corrected chi connectivity index (χ4v) is 2.19. The van der Waals surface area contributed by atoms with Crippen LogP contribution in [0.2, 0.25) is 0 Å². The largest absolute Gasteiger partial charge is 0.464 e. The van der Waals surface area contributed by atoms with E-state index in [1.807, 2.05) is 0 Å². The number of methoxy groups -OCH3 is 1. The van der Waals surface area contributed by atoms with E-state index in [-0.39, 0.29) is 10.9 Å². The first-order valence-corrected chi connectivity index (χ1v) is 4.90. The number of ether oxygens (including phenoxy) is 1. The van der Waals surface area contributed by atoms with Crippen LogP contribution < -0.4 is 5.32 Å². The number of carbonyl (C=O) groups is 2. The summed E-state index contributed by atoms with van der Waals surface area (Å²) in [6.45, 7) is 0.580. The van der Waals surface area contributed by atoms with Crippen LogP contribution in [0.5, 0.6) is 0 Å². The number of rotatable bonds is 1. The number of amides is 1. The van der Waals surface area contributed by atoms with Crippen LogP contribution in [0.15, 0.2) is 0 Å². The van der Waals surface area contributed by atoms with Gasteiger partial charge in [0.1, 0.15) is 4.88 Å². The molecule has 14 heavy (non-hydrogen) atoms. The highest BCUT2D eigenvalue weighted by molar-refractivity contribution is 7.15. The van der Waals surface area contributed by atoms with Gasteiger partial charge in [-0.05, 0) is 0 Å². The third-order valence-electron chi connectivity index (χ3n) is 1.91. The summed E-state index contributed by atoms with van der Waals surface area (Å²) in [5, 5.41) is 2.93. The molecular weight excluding hydrogens is 204 g/mol. The lowest BCUT2D eigenvalue weighted by Crippen LogP contribution is -2.30. The Morgan fingerprint density at radius 2 is 2.43 bits per heavy atom. The van der Waals surface area contributed by atoms with E-state index < -0.39 is 5.97 Å². The van der Waals surface area contributed by atoms with Crippen molar-refractivity contribution in [3.63, 3.8) is 0 Å². The molecule has 0 saturated heterocycles. The first-order valence-electron chi connectivity index (χ1n) is 4.08. The van der Waals surface area contributed by atoms with Crippen molar-refractivity contribution < 1.29 is 14.3 Å². The van der Waals surface area contributed by atoms with E-state index in [0.29, 0.717) is 23.5 Å². The van der Waals surface area contributed by atoms with Gasteiger partial charge in [0, 0.05) is 13.0 Å². The first-order chi connectivity index (χ1) is 6.72. The zero-order chi connectivity index (χ0) is 10.1. The summed E-state index contributed by atoms with van der Waals surface area (Å²) in [5.41, 5.74) is 0.694. The van der Waals surface area contributed by atoms with Gasteiger partial charge in [0.15, 0.2) is 0 Å². The third kappa shape index (κ3) is 1.37. The van der Waals surface area contributed by atoms with Crippen LogP contribution in [0.3, 0.4) is 0 Å². The molecule has 74 valence electrons. The highest BCUT2D eigenvalue weighted by Gasteiger charge is 2.24. The normalized spacial score (nSPS) is 14.5. The average Bonchev–Trinajstić information content (AvgIpc) is 2.62. The number of nitrogens with zero attached hydrogens (tertiary/aromatic N) is 1. The van der Waals surface area contributed by atoms with E-state index >= 15 is 0 Å². The van der Waals surface area contributed by atoms with Gasteiger partial charge in [-0.3, -0.25) is 4.79 Å². The Bertz CT molecular complexity index is 399. The topological polar surface area (TPSA) is 68.3 Å². The number of fused-ring (bicyclic) bond motifs is 1. The molecule has 0 aromatic carbocycles. The standard InChI is InChI=1S/C8H8N2O3S/c1-13-8(12)7-10-4-2-3-9-6(11)5(4)14-7/h2-3H2,1H3,(H,9,11). The number of hydrogen-bond acceptors (Lipinski definition) is 5. The van der Waals surface area contributed by atoms with Gasteiger partial charge in [0.25, 0.3) is 5.91 Å². The summed E-state index contributed by atoms with van der Waals surface area (Å²) in [4.78, 5) is 27.0. The minimum Gasteiger partial charge on any atom is -0.464 e. The predicted molar refractivity (Wildman–Crippen MR) is 49.5 cm³/mol. The molecule has 2 heterocycles. The third-order valence-corrected chi connectivity index (χ3v) is 2.99.